The van der Waals surface area contributed by atoms with E-state index >= 15 is 0 Å². The molecule has 9 nitrogen and oxygen atoms in total. The van der Waals surface area contributed by atoms with E-state index in [-0.39, 0.29) is 18.3 Å². The lowest BCUT2D eigenvalue weighted by atomic mass is 10.1. The zero-order valence-corrected chi connectivity index (χ0v) is 20.5. The second kappa shape index (κ2) is 10.1. The monoisotopic (exact) mass is 499 g/mol. The number of aryl methyl sites for hydroxylation is 1. The van der Waals surface area contributed by atoms with Gasteiger partial charge in [0, 0.05) is 41.8 Å². The maximum atomic E-state index is 13.1. The van der Waals surface area contributed by atoms with Crippen molar-refractivity contribution >= 4 is 22.5 Å². The van der Waals surface area contributed by atoms with Gasteiger partial charge in [0.25, 0.3) is 5.91 Å². The largest absolute Gasteiger partial charge is 0.496 e. The number of carbonyl (C=O) groups excluding carboxylic acids is 1. The summed E-state index contributed by atoms with van der Waals surface area (Å²) in [7, 11) is 1.59. The van der Waals surface area contributed by atoms with Crippen LogP contribution in [0.25, 0.3) is 10.8 Å². The van der Waals surface area contributed by atoms with Crippen LogP contribution >= 0.6 is 0 Å². The lowest BCUT2D eigenvalue weighted by molar-refractivity contribution is 0.0946. The van der Waals surface area contributed by atoms with Crippen LogP contribution in [0.15, 0.2) is 67.3 Å². The fourth-order valence-corrected chi connectivity index (χ4v) is 4.28. The molecule has 0 spiro atoms. The predicted molar refractivity (Wildman–Crippen MR) is 138 cm³/mol. The van der Waals surface area contributed by atoms with Crippen LogP contribution in [-0.2, 0) is 19.6 Å². The zero-order chi connectivity index (χ0) is 25.9. The maximum Gasteiger partial charge on any atom is 0.271 e. The van der Waals surface area contributed by atoms with Crippen LogP contribution in [0.1, 0.15) is 33.0 Å². The number of carbonyl (C=O) groups is 1. The number of anilines is 1. The standard InChI is InChI=1S/C27H26FN7O2/c1-17-33-24(16-34(17)13-18-3-5-19(6-4-18)14-35-15-21(28)12-32-35)27(36)31-11-20-7-8-23-22(25(20)37-2)9-10-30-26(23)29/h3-10,12,15-16H,11,13-14H2,1-2H3,(H2,29,30)(H,31,36). The van der Waals surface area contributed by atoms with E-state index in [2.05, 4.69) is 20.4 Å². The third-order valence-electron chi connectivity index (χ3n) is 6.18. The van der Waals surface area contributed by atoms with Gasteiger partial charge < -0.3 is 20.4 Å². The first kappa shape index (κ1) is 24.0. The van der Waals surface area contributed by atoms with Crippen molar-refractivity contribution in [1.82, 2.24) is 29.6 Å². The molecule has 3 N–H and O–H groups in total. The number of hydrogen-bond donors (Lipinski definition) is 2. The number of hydrogen-bond acceptors (Lipinski definition) is 6. The lowest BCUT2D eigenvalue weighted by Gasteiger charge is -2.13. The number of nitrogens with two attached hydrogens (primary N) is 1. The molecule has 5 aromatic rings. The number of imidazole rings is 1. The number of nitrogen functional groups attached to an aromatic ring is 1. The highest BCUT2D eigenvalue weighted by molar-refractivity contribution is 5.96. The summed E-state index contributed by atoms with van der Waals surface area (Å²) in [6.07, 6.45) is 5.93. The second-order valence-electron chi connectivity index (χ2n) is 8.71. The normalized spacial score (nSPS) is 11.1. The van der Waals surface area contributed by atoms with Crippen LogP contribution in [0.3, 0.4) is 0 Å². The van der Waals surface area contributed by atoms with Gasteiger partial charge in [-0.2, -0.15) is 5.10 Å². The summed E-state index contributed by atoms with van der Waals surface area (Å²) in [5.74, 6) is 1.17. The van der Waals surface area contributed by atoms with Crippen LogP contribution < -0.4 is 15.8 Å². The van der Waals surface area contributed by atoms with Crippen molar-refractivity contribution in [2.45, 2.75) is 26.6 Å². The van der Waals surface area contributed by atoms with Crippen molar-refractivity contribution in [3.63, 3.8) is 0 Å². The molecule has 0 saturated carbocycles. The van der Waals surface area contributed by atoms with Crippen LogP contribution in [0.5, 0.6) is 5.75 Å². The zero-order valence-electron chi connectivity index (χ0n) is 20.5. The number of aromatic nitrogens is 5. The number of fused-ring (bicyclic) bond motifs is 1. The number of ether oxygens (including phenoxy) is 1. The number of benzene rings is 2. The van der Waals surface area contributed by atoms with Gasteiger partial charge in [-0.25, -0.2) is 14.4 Å². The van der Waals surface area contributed by atoms with E-state index in [1.807, 2.05) is 54.0 Å². The number of halogens is 1. The molecule has 3 heterocycles. The average Bonchev–Trinajstić information content (AvgIpc) is 3.48. The molecule has 5 rings (SSSR count). The van der Waals surface area contributed by atoms with Gasteiger partial charge >= 0.3 is 0 Å². The van der Waals surface area contributed by atoms with Crippen molar-refractivity contribution in [2.75, 3.05) is 12.8 Å². The maximum absolute atomic E-state index is 13.1. The minimum Gasteiger partial charge on any atom is -0.496 e. The number of pyridine rings is 1. The van der Waals surface area contributed by atoms with Crippen LogP contribution in [0, 0.1) is 12.7 Å². The molecule has 0 fully saturated rings. The first-order valence-electron chi connectivity index (χ1n) is 11.7. The highest BCUT2D eigenvalue weighted by Gasteiger charge is 2.15. The smallest absolute Gasteiger partial charge is 0.271 e. The molecule has 10 heteroatoms. The van der Waals surface area contributed by atoms with Gasteiger partial charge in [-0.15, -0.1) is 0 Å². The molecule has 37 heavy (non-hydrogen) atoms. The summed E-state index contributed by atoms with van der Waals surface area (Å²) in [5, 5.41) is 8.54. The Morgan fingerprint density at radius 2 is 1.81 bits per heavy atom. The molecule has 0 aliphatic rings. The number of methoxy groups -OCH3 is 1. The topological polar surface area (TPSA) is 113 Å². The molecular formula is C27H26FN7O2. The molecule has 2 aromatic carbocycles. The van der Waals surface area contributed by atoms with Crippen LogP contribution in [-0.4, -0.2) is 37.3 Å². The molecule has 3 aromatic heterocycles. The Bertz CT molecular complexity index is 1570. The van der Waals surface area contributed by atoms with Crippen molar-refractivity contribution < 1.29 is 13.9 Å². The SMILES string of the molecule is COc1c(CNC(=O)c2cn(Cc3ccc(Cn4cc(F)cn4)cc3)c(C)n2)ccc2c(N)nccc12. The molecular weight excluding hydrogens is 473 g/mol. The Hall–Kier alpha value is -4.73. The van der Waals surface area contributed by atoms with E-state index in [0.717, 1.165) is 33.3 Å². The summed E-state index contributed by atoms with van der Waals surface area (Å²) >= 11 is 0. The summed E-state index contributed by atoms with van der Waals surface area (Å²) in [6.45, 7) is 3.19. The number of nitrogens with zero attached hydrogens (tertiary/aromatic N) is 5. The third kappa shape index (κ3) is 5.13. The van der Waals surface area contributed by atoms with E-state index in [1.54, 1.807) is 24.2 Å². The highest BCUT2D eigenvalue weighted by Crippen LogP contribution is 2.31. The van der Waals surface area contributed by atoms with Crippen molar-refractivity contribution in [3.05, 3.63) is 101 Å². The van der Waals surface area contributed by atoms with Gasteiger partial charge in [0.2, 0.25) is 0 Å². The Labute approximate surface area is 212 Å². The van der Waals surface area contributed by atoms with Crippen molar-refractivity contribution in [2.24, 2.45) is 0 Å². The Morgan fingerprint density at radius 1 is 1.05 bits per heavy atom. The summed E-state index contributed by atoms with van der Waals surface area (Å²) in [4.78, 5) is 21.4. The van der Waals surface area contributed by atoms with Crippen molar-refractivity contribution in [1.29, 1.82) is 0 Å². The highest BCUT2D eigenvalue weighted by atomic mass is 19.1. The minimum absolute atomic E-state index is 0.272. The quantitative estimate of drug-likeness (QED) is 0.337. The van der Waals surface area contributed by atoms with Crippen LogP contribution in [0.2, 0.25) is 0 Å². The molecule has 0 radical (unpaired) electrons. The van der Waals surface area contributed by atoms with Gasteiger partial charge in [-0.3, -0.25) is 9.48 Å². The lowest BCUT2D eigenvalue weighted by Crippen LogP contribution is -2.23. The first-order valence-corrected chi connectivity index (χ1v) is 11.7. The molecule has 0 saturated heterocycles. The summed E-state index contributed by atoms with van der Waals surface area (Å²) in [5.41, 5.74) is 9.20. The van der Waals surface area contributed by atoms with E-state index in [9.17, 15) is 9.18 Å². The average molecular weight is 500 g/mol. The van der Waals surface area contributed by atoms with Gasteiger partial charge in [0.1, 0.15) is 23.1 Å². The van der Waals surface area contributed by atoms with E-state index in [0.29, 0.717) is 30.4 Å². The Morgan fingerprint density at radius 3 is 2.51 bits per heavy atom. The minimum atomic E-state index is -0.355. The number of rotatable bonds is 8. The van der Waals surface area contributed by atoms with Gasteiger partial charge in [-0.05, 0) is 24.1 Å². The summed E-state index contributed by atoms with van der Waals surface area (Å²) in [6, 6.07) is 13.6. The molecule has 1 amide bonds. The molecule has 0 aliphatic heterocycles. The Balaban J connectivity index is 1.24. The van der Waals surface area contributed by atoms with E-state index < -0.39 is 0 Å². The van der Waals surface area contributed by atoms with Gasteiger partial charge in [-0.1, -0.05) is 36.4 Å². The third-order valence-corrected chi connectivity index (χ3v) is 6.18. The number of nitrogens with one attached hydrogen (secondary N) is 1. The van der Waals surface area contributed by atoms with E-state index in [1.165, 1.54) is 12.4 Å². The Kier molecular flexibility index (Phi) is 6.55. The molecule has 0 atom stereocenters. The fraction of sp³-hybridized carbons (Fsp3) is 0.185. The predicted octanol–water partition coefficient (Wildman–Crippen LogP) is 3.69. The first-order chi connectivity index (χ1) is 17.9. The number of amides is 1. The van der Waals surface area contributed by atoms with Crippen molar-refractivity contribution in [3.8, 4) is 5.75 Å². The second-order valence-corrected chi connectivity index (χ2v) is 8.71. The molecule has 0 bridgehead atoms. The van der Waals surface area contributed by atoms with Gasteiger partial charge in [0.15, 0.2) is 5.82 Å². The van der Waals surface area contributed by atoms with Crippen LogP contribution in [0.4, 0.5) is 10.2 Å². The molecule has 0 unspecified atom stereocenters. The van der Waals surface area contributed by atoms with Gasteiger partial charge in [0.05, 0.1) is 26.0 Å². The molecule has 188 valence electrons. The summed E-state index contributed by atoms with van der Waals surface area (Å²) < 4.78 is 22.2. The molecule has 0 aliphatic carbocycles. The fourth-order valence-electron chi connectivity index (χ4n) is 4.28. The van der Waals surface area contributed by atoms with E-state index in [4.69, 9.17) is 10.5 Å².